The molecule has 2 heterocycles. The van der Waals surface area contributed by atoms with E-state index >= 15 is 0 Å². The molecule has 7 heteroatoms. The third-order valence-corrected chi connectivity index (χ3v) is 4.42. The predicted molar refractivity (Wildman–Crippen MR) is 90.9 cm³/mol. The van der Waals surface area contributed by atoms with Crippen LogP contribution < -0.4 is 4.74 Å². The van der Waals surface area contributed by atoms with E-state index in [0.717, 1.165) is 0 Å². The average Bonchev–Trinajstić information content (AvgIpc) is 3.28. The molecule has 0 radical (unpaired) electrons. The summed E-state index contributed by atoms with van der Waals surface area (Å²) >= 11 is 0. The lowest BCUT2D eigenvalue weighted by Crippen LogP contribution is -2.33. The SMILES string of the molecule is COCCN1C(=O)C(=O)C(C(=O)c2ccco2)C1c1cccc(OC)c1. The van der Waals surface area contributed by atoms with Gasteiger partial charge in [-0.3, -0.25) is 14.4 Å². The van der Waals surface area contributed by atoms with Gasteiger partial charge in [-0.05, 0) is 29.8 Å². The number of likely N-dealkylation sites (tertiary alicyclic amines) is 1. The smallest absolute Gasteiger partial charge is 0.291 e. The van der Waals surface area contributed by atoms with Gasteiger partial charge in [0.15, 0.2) is 5.76 Å². The quantitative estimate of drug-likeness (QED) is 0.427. The van der Waals surface area contributed by atoms with Crippen molar-refractivity contribution < 1.29 is 28.3 Å². The number of carbonyl (C=O) groups excluding carboxylic acids is 3. The molecule has 1 aliphatic heterocycles. The van der Waals surface area contributed by atoms with Gasteiger partial charge in [-0.2, -0.15) is 0 Å². The Morgan fingerprint density at radius 2 is 2.00 bits per heavy atom. The fraction of sp³-hybridized carbons (Fsp3) is 0.316. The summed E-state index contributed by atoms with van der Waals surface area (Å²) in [5.41, 5.74) is 0.643. The maximum atomic E-state index is 12.9. The number of furan rings is 1. The standard InChI is InChI=1S/C19H19NO6/c1-24-10-8-20-16(12-5-3-6-13(11-12)25-2)15(18(22)19(20)23)17(21)14-7-4-9-26-14/h3-7,9,11,15-16H,8,10H2,1-2H3. The molecule has 2 atom stereocenters. The van der Waals surface area contributed by atoms with Crippen molar-refractivity contribution in [2.24, 2.45) is 5.92 Å². The van der Waals surface area contributed by atoms with Crippen LogP contribution in [0.2, 0.25) is 0 Å². The second-order valence-electron chi connectivity index (χ2n) is 5.90. The van der Waals surface area contributed by atoms with Gasteiger partial charge in [0.05, 0.1) is 26.0 Å². The molecule has 26 heavy (non-hydrogen) atoms. The van der Waals surface area contributed by atoms with E-state index in [1.807, 2.05) is 0 Å². The summed E-state index contributed by atoms with van der Waals surface area (Å²) in [4.78, 5) is 39.4. The van der Waals surface area contributed by atoms with Crippen LogP contribution in [0.1, 0.15) is 22.2 Å². The number of benzene rings is 1. The highest BCUT2D eigenvalue weighted by Gasteiger charge is 2.52. The van der Waals surface area contributed by atoms with Crippen LogP contribution in [-0.4, -0.2) is 49.7 Å². The minimum Gasteiger partial charge on any atom is -0.497 e. The van der Waals surface area contributed by atoms with E-state index in [0.29, 0.717) is 11.3 Å². The van der Waals surface area contributed by atoms with E-state index in [2.05, 4.69) is 0 Å². The summed E-state index contributed by atoms with van der Waals surface area (Å²) in [6.07, 6.45) is 1.36. The molecule has 1 aromatic carbocycles. The molecule has 0 N–H and O–H groups in total. The fourth-order valence-electron chi connectivity index (χ4n) is 3.19. The first kappa shape index (κ1) is 17.9. The van der Waals surface area contributed by atoms with Gasteiger partial charge in [-0.25, -0.2) is 0 Å². The van der Waals surface area contributed by atoms with Crippen LogP contribution in [-0.2, 0) is 14.3 Å². The Labute approximate surface area is 150 Å². The van der Waals surface area contributed by atoms with E-state index in [1.54, 1.807) is 30.3 Å². The number of ether oxygens (including phenoxy) is 2. The molecule has 1 aromatic heterocycles. The lowest BCUT2D eigenvalue weighted by molar-refractivity contribution is -0.141. The third kappa shape index (κ3) is 3.13. The highest BCUT2D eigenvalue weighted by molar-refractivity contribution is 6.43. The topological polar surface area (TPSA) is 86.0 Å². The zero-order valence-corrected chi connectivity index (χ0v) is 14.5. The zero-order valence-electron chi connectivity index (χ0n) is 14.5. The number of hydrogen-bond donors (Lipinski definition) is 0. The summed E-state index contributed by atoms with van der Waals surface area (Å²) in [6.45, 7) is 0.450. The van der Waals surface area contributed by atoms with Crippen molar-refractivity contribution in [2.45, 2.75) is 6.04 Å². The molecule has 1 saturated heterocycles. The zero-order chi connectivity index (χ0) is 18.7. The van der Waals surface area contributed by atoms with Gasteiger partial charge >= 0.3 is 0 Å². The van der Waals surface area contributed by atoms with Crippen molar-refractivity contribution in [3.63, 3.8) is 0 Å². The van der Waals surface area contributed by atoms with Gasteiger partial charge in [-0.1, -0.05) is 12.1 Å². The van der Waals surface area contributed by atoms with Crippen molar-refractivity contribution in [2.75, 3.05) is 27.4 Å². The molecular weight excluding hydrogens is 338 g/mol. The second kappa shape index (κ2) is 7.53. The number of methoxy groups -OCH3 is 2. The van der Waals surface area contributed by atoms with Crippen molar-refractivity contribution >= 4 is 17.5 Å². The van der Waals surface area contributed by atoms with E-state index < -0.39 is 29.4 Å². The molecule has 0 saturated carbocycles. The first-order valence-corrected chi connectivity index (χ1v) is 8.14. The molecule has 7 nitrogen and oxygen atoms in total. The number of rotatable bonds is 7. The molecule has 0 bridgehead atoms. The predicted octanol–water partition coefficient (Wildman–Crippen LogP) is 1.89. The average molecular weight is 357 g/mol. The highest BCUT2D eigenvalue weighted by atomic mass is 16.5. The summed E-state index contributed by atoms with van der Waals surface area (Å²) in [7, 11) is 3.03. The van der Waals surface area contributed by atoms with Crippen LogP contribution in [0.3, 0.4) is 0 Å². The van der Waals surface area contributed by atoms with Crippen LogP contribution in [0.25, 0.3) is 0 Å². The van der Waals surface area contributed by atoms with Gasteiger partial charge in [0.2, 0.25) is 11.6 Å². The number of nitrogens with zero attached hydrogens (tertiary/aromatic N) is 1. The molecule has 0 aliphatic carbocycles. The van der Waals surface area contributed by atoms with E-state index in [-0.39, 0.29) is 18.9 Å². The molecule has 0 spiro atoms. The van der Waals surface area contributed by atoms with E-state index in [1.165, 1.54) is 31.4 Å². The Morgan fingerprint density at radius 3 is 2.65 bits per heavy atom. The van der Waals surface area contributed by atoms with Gasteiger partial charge in [0.25, 0.3) is 5.91 Å². The maximum Gasteiger partial charge on any atom is 0.291 e. The number of Topliss-reactive ketones (excluding diaryl/α,β-unsaturated/α-hetero) is 2. The Hall–Kier alpha value is -2.93. The first-order chi connectivity index (χ1) is 12.6. The van der Waals surface area contributed by atoms with Crippen LogP contribution in [0, 0.1) is 5.92 Å². The van der Waals surface area contributed by atoms with Crippen LogP contribution >= 0.6 is 0 Å². The monoisotopic (exact) mass is 357 g/mol. The molecule has 1 aliphatic rings. The van der Waals surface area contributed by atoms with Crippen LogP contribution in [0.4, 0.5) is 0 Å². The van der Waals surface area contributed by atoms with Crippen molar-refractivity contribution in [1.82, 2.24) is 4.90 Å². The number of carbonyl (C=O) groups is 3. The lowest BCUT2D eigenvalue weighted by Gasteiger charge is -2.26. The molecule has 2 unspecified atom stereocenters. The minimum absolute atomic E-state index is 0.0534. The van der Waals surface area contributed by atoms with Crippen molar-refractivity contribution in [3.8, 4) is 5.75 Å². The normalized spacial score (nSPS) is 19.8. The maximum absolute atomic E-state index is 12.9. The third-order valence-electron chi connectivity index (χ3n) is 4.42. The Morgan fingerprint density at radius 1 is 1.19 bits per heavy atom. The van der Waals surface area contributed by atoms with Gasteiger partial charge in [0, 0.05) is 13.7 Å². The molecule has 1 amide bonds. The van der Waals surface area contributed by atoms with Crippen molar-refractivity contribution in [3.05, 3.63) is 54.0 Å². The number of ketones is 2. The van der Waals surface area contributed by atoms with Gasteiger partial charge < -0.3 is 18.8 Å². The van der Waals surface area contributed by atoms with Crippen LogP contribution in [0.15, 0.2) is 47.1 Å². The summed E-state index contributed by atoms with van der Waals surface area (Å²) in [5.74, 6) is -2.49. The fourth-order valence-corrected chi connectivity index (χ4v) is 3.19. The molecule has 3 rings (SSSR count). The molecule has 2 aromatic rings. The lowest BCUT2D eigenvalue weighted by atomic mass is 9.88. The Bertz CT molecular complexity index is 813. The Kier molecular flexibility index (Phi) is 5.18. The van der Waals surface area contributed by atoms with Gasteiger partial charge in [-0.15, -0.1) is 0 Å². The summed E-state index contributed by atoms with van der Waals surface area (Å²) < 4.78 is 15.4. The molecule has 1 fully saturated rings. The second-order valence-corrected chi connectivity index (χ2v) is 5.90. The highest BCUT2D eigenvalue weighted by Crippen LogP contribution is 2.39. The molecule has 136 valence electrons. The number of amides is 1. The Balaban J connectivity index is 2.05. The van der Waals surface area contributed by atoms with E-state index in [9.17, 15) is 14.4 Å². The number of hydrogen-bond acceptors (Lipinski definition) is 6. The van der Waals surface area contributed by atoms with Gasteiger partial charge in [0.1, 0.15) is 11.7 Å². The van der Waals surface area contributed by atoms with Crippen molar-refractivity contribution in [1.29, 1.82) is 0 Å². The molecular formula is C19H19NO6. The van der Waals surface area contributed by atoms with E-state index in [4.69, 9.17) is 13.9 Å². The first-order valence-electron chi connectivity index (χ1n) is 8.14. The van der Waals surface area contributed by atoms with Crippen LogP contribution in [0.5, 0.6) is 5.75 Å². The minimum atomic E-state index is -1.17. The summed E-state index contributed by atoms with van der Waals surface area (Å²) in [6, 6.07) is 9.31. The summed E-state index contributed by atoms with van der Waals surface area (Å²) in [5, 5.41) is 0. The largest absolute Gasteiger partial charge is 0.497 e.